The first kappa shape index (κ1) is 13.8. The van der Waals surface area contributed by atoms with E-state index in [0.717, 1.165) is 29.7 Å². The van der Waals surface area contributed by atoms with Gasteiger partial charge in [-0.1, -0.05) is 6.07 Å². The number of benzene rings is 1. The van der Waals surface area contributed by atoms with Gasteiger partial charge in [0.15, 0.2) is 0 Å². The first-order valence-electron chi connectivity index (χ1n) is 6.31. The van der Waals surface area contributed by atoms with Crippen molar-refractivity contribution in [1.82, 2.24) is 4.90 Å². The highest BCUT2D eigenvalue weighted by molar-refractivity contribution is 9.10. The van der Waals surface area contributed by atoms with Crippen LogP contribution >= 0.6 is 15.9 Å². The van der Waals surface area contributed by atoms with Crippen LogP contribution in [0, 0.1) is 12.8 Å². The summed E-state index contributed by atoms with van der Waals surface area (Å²) in [7, 11) is 3.88. The number of likely N-dealkylation sites (tertiary alicyclic amines) is 1. The number of hydrogen-bond acceptors (Lipinski definition) is 3. The van der Waals surface area contributed by atoms with Gasteiger partial charge in [-0.2, -0.15) is 0 Å². The SMILES string of the molecule is COc1ccc(C)c(C2CC(CN)CN2C)c1Br. The van der Waals surface area contributed by atoms with Crippen molar-refractivity contribution < 1.29 is 4.74 Å². The molecule has 0 radical (unpaired) electrons. The zero-order valence-corrected chi connectivity index (χ0v) is 12.8. The molecule has 2 atom stereocenters. The van der Waals surface area contributed by atoms with Gasteiger partial charge < -0.3 is 10.5 Å². The summed E-state index contributed by atoms with van der Waals surface area (Å²) in [5.41, 5.74) is 8.45. The Morgan fingerprint density at radius 2 is 2.22 bits per heavy atom. The lowest BCUT2D eigenvalue weighted by Crippen LogP contribution is -2.21. The van der Waals surface area contributed by atoms with Crippen LogP contribution in [-0.2, 0) is 0 Å². The Labute approximate surface area is 117 Å². The summed E-state index contributed by atoms with van der Waals surface area (Å²) < 4.78 is 6.48. The summed E-state index contributed by atoms with van der Waals surface area (Å²) in [5.74, 6) is 1.50. The summed E-state index contributed by atoms with van der Waals surface area (Å²) >= 11 is 3.69. The molecule has 1 aliphatic heterocycles. The molecule has 1 aromatic rings. The first-order valence-corrected chi connectivity index (χ1v) is 7.11. The van der Waals surface area contributed by atoms with Gasteiger partial charge in [0.1, 0.15) is 5.75 Å². The monoisotopic (exact) mass is 312 g/mol. The summed E-state index contributed by atoms with van der Waals surface area (Å²) in [6.07, 6.45) is 1.12. The van der Waals surface area contributed by atoms with Gasteiger partial charge >= 0.3 is 0 Å². The maximum Gasteiger partial charge on any atom is 0.133 e. The molecule has 2 unspecified atom stereocenters. The molecule has 1 fully saturated rings. The quantitative estimate of drug-likeness (QED) is 0.932. The number of aryl methyl sites for hydroxylation is 1. The van der Waals surface area contributed by atoms with Crippen LogP contribution in [0.1, 0.15) is 23.6 Å². The normalized spacial score (nSPS) is 24.5. The van der Waals surface area contributed by atoms with Crippen molar-refractivity contribution in [3.05, 3.63) is 27.7 Å². The van der Waals surface area contributed by atoms with E-state index < -0.39 is 0 Å². The van der Waals surface area contributed by atoms with Gasteiger partial charge in [0.05, 0.1) is 11.6 Å². The highest BCUT2D eigenvalue weighted by Crippen LogP contribution is 2.42. The topological polar surface area (TPSA) is 38.5 Å². The number of hydrogen-bond donors (Lipinski definition) is 1. The summed E-state index contributed by atoms with van der Waals surface area (Å²) in [5, 5.41) is 0. The maximum atomic E-state index is 5.81. The van der Waals surface area contributed by atoms with Crippen LogP contribution < -0.4 is 10.5 Å². The van der Waals surface area contributed by atoms with E-state index in [9.17, 15) is 0 Å². The summed E-state index contributed by atoms with van der Waals surface area (Å²) in [6.45, 7) is 3.99. The van der Waals surface area contributed by atoms with Crippen molar-refractivity contribution in [2.75, 3.05) is 27.2 Å². The van der Waals surface area contributed by atoms with Crippen LogP contribution in [-0.4, -0.2) is 32.1 Å². The molecule has 0 aromatic heterocycles. The van der Waals surface area contributed by atoms with Gasteiger partial charge in [-0.25, -0.2) is 0 Å². The third-order valence-electron chi connectivity index (χ3n) is 3.88. The largest absolute Gasteiger partial charge is 0.496 e. The second-order valence-electron chi connectivity index (χ2n) is 5.11. The second-order valence-corrected chi connectivity index (χ2v) is 5.90. The lowest BCUT2D eigenvalue weighted by molar-refractivity contribution is 0.310. The Kier molecular flexibility index (Phi) is 4.30. The fraction of sp³-hybridized carbons (Fsp3) is 0.571. The molecule has 4 heteroatoms. The Balaban J connectivity index is 2.38. The zero-order valence-electron chi connectivity index (χ0n) is 11.2. The molecule has 0 spiro atoms. The van der Waals surface area contributed by atoms with Crippen molar-refractivity contribution in [2.45, 2.75) is 19.4 Å². The fourth-order valence-corrected chi connectivity index (χ4v) is 3.72. The maximum absolute atomic E-state index is 5.81. The summed E-state index contributed by atoms with van der Waals surface area (Å²) in [6, 6.07) is 4.57. The molecule has 18 heavy (non-hydrogen) atoms. The number of ether oxygens (including phenoxy) is 1. The van der Waals surface area contributed by atoms with Crippen LogP contribution in [0.4, 0.5) is 0 Å². The lowest BCUT2D eigenvalue weighted by Gasteiger charge is -2.24. The minimum atomic E-state index is 0.433. The average molecular weight is 313 g/mol. The number of rotatable bonds is 3. The van der Waals surface area contributed by atoms with Gasteiger partial charge in [-0.3, -0.25) is 4.90 Å². The Morgan fingerprint density at radius 3 is 2.78 bits per heavy atom. The molecule has 2 rings (SSSR count). The molecule has 1 saturated heterocycles. The number of nitrogens with two attached hydrogens (primary N) is 1. The minimum Gasteiger partial charge on any atom is -0.496 e. The van der Waals surface area contributed by atoms with Crippen molar-refractivity contribution in [3.8, 4) is 5.75 Å². The molecule has 3 nitrogen and oxygen atoms in total. The van der Waals surface area contributed by atoms with E-state index in [2.05, 4.69) is 40.9 Å². The van der Waals surface area contributed by atoms with E-state index in [1.165, 1.54) is 11.1 Å². The molecule has 0 saturated carbocycles. The molecule has 0 amide bonds. The van der Waals surface area contributed by atoms with Crippen LogP contribution in [0.3, 0.4) is 0 Å². The number of nitrogens with zero attached hydrogens (tertiary/aromatic N) is 1. The van der Waals surface area contributed by atoms with Crippen LogP contribution in [0.25, 0.3) is 0 Å². The van der Waals surface area contributed by atoms with E-state index in [-0.39, 0.29) is 0 Å². The predicted molar refractivity (Wildman–Crippen MR) is 78.0 cm³/mol. The molecule has 1 aliphatic rings. The van der Waals surface area contributed by atoms with Gasteiger partial charge in [0, 0.05) is 12.6 Å². The van der Waals surface area contributed by atoms with Gasteiger partial charge in [-0.05, 0) is 66.0 Å². The Hall–Kier alpha value is -0.580. The predicted octanol–water partition coefficient (Wildman–Crippen LogP) is 2.72. The standard InChI is InChI=1S/C14H21BrN2O/c1-9-4-5-12(18-3)14(15)13(9)11-6-10(7-16)8-17(11)2/h4-5,10-11H,6-8,16H2,1-3H3. The molecular weight excluding hydrogens is 292 g/mol. The number of methoxy groups -OCH3 is 1. The van der Waals surface area contributed by atoms with Gasteiger partial charge in [0.2, 0.25) is 0 Å². The van der Waals surface area contributed by atoms with E-state index in [1.54, 1.807) is 7.11 Å². The third kappa shape index (κ3) is 2.42. The highest BCUT2D eigenvalue weighted by Gasteiger charge is 2.32. The zero-order chi connectivity index (χ0) is 13.3. The van der Waals surface area contributed by atoms with Crippen LogP contribution in [0.5, 0.6) is 5.75 Å². The summed E-state index contributed by atoms with van der Waals surface area (Å²) in [4.78, 5) is 2.39. The highest BCUT2D eigenvalue weighted by atomic mass is 79.9. The molecule has 1 aromatic carbocycles. The first-order chi connectivity index (χ1) is 8.58. The second kappa shape index (κ2) is 5.59. The van der Waals surface area contributed by atoms with Crippen molar-refractivity contribution in [1.29, 1.82) is 0 Å². The third-order valence-corrected chi connectivity index (χ3v) is 4.70. The van der Waals surface area contributed by atoms with Crippen molar-refractivity contribution in [3.63, 3.8) is 0 Å². The van der Waals surface area contributed by atoms with Crippen molar-refractivity contribution >= 4 is 15.9 Å². The Morgan fingerprint density at radius 1 is 1.50 bits per heavy atom. The molecule has 0 aliphatic carbocycles. The van der Waals surface area contributed by atoms with E-state index >= 15 is 0 Å². The minimum absolute atomic E-state index is 0.433. The van der Waals surface area contributed by atoms with E-state index in [0.29, 0.717) is 12.0 Å². The molecule has 1 heterocycles. The van der Waals surface area contributed by atoms with Gasteiger partial charge in [0.25, 0.3) is 0 Å². The molecule has 100 valence electrons. The average Bonchev–Trinajstić information content (AvgIpc) is 2.71. The van der Waals surface area contributed by atoms with Gasteiger partial charge in [-0.15, -0.1) is 0 Å². The fourth-order valence-electron chi connectivity index (χ4n) is 2.85. The molecular formula is C14H21BrN2O. The van der Waals surface area contributed by atoms with Crippen LogP contribution in [0.2, 0.25) is 0 Å². The smallest absolute Gasteiger partial charge is 0.133 e. The molecule has 2 N–H and O–H groups in total. The van der Waals surface area contributed by atoms with E-state index in [4.69, 9.17) is 10.5 Å². The lowest BCUT2D eigenvalue weighted by atomic mass is 9.96. The van der Waals surface area contributed by atoms with Crippen LogP contribution in [0.15, 0.2) is 16.6 Å². The van der Waals surface area contributed by atoms with E-state index in [1.807, 2.05) is 6.07 Å². The molecule has 0 bridgehead atoms. The number of halogens is 1. The Bertz CT molecular complexity index is 436. The van der Waals surface area contributed by atoms with Crippen molar-refractivity contribution in [2.24, 2.45) is 11.7 Å².